The molecular formula is C43H41Cl2F4N3O5. The van der Waals surface area contributed by atoms with Crippen LogP contribution in [0.2, 0.25) is 10.0 Å². The fraction of sp³-hybridized carbons (Fsp3) is 0.395. The molecule has 4 N–H and O–H groups in total. The van der Waals surface area contributed by atoms with Crippen LogP contribution in [0.5, 0.6) is 0 Å². The summed E-state index contributed by atoms with van der Waals surface area (Å²) in [6.45, 7) is -2.43. The number of hydrogen-bond donors (Lipinski definition) is 4. The van der Waals surface area contributed by atoms with Crippen LogP contribution < -0.4 is 10.6 Å². The zero-order chi connectivity index (χ0) is 40.3. The van der Waals surface area contributed by atoms with Gasteiger partial charge in [-0.1, -0.05) is 89.9 Å². The minimum absolute atomic E-state index is 0.0220. The van der Waals surface area contributed by atoms with Crippen molar-refractivity contribution in [1.82, 2.24) is 10.2 Å². The van der Waals surface area contributed by atoms with Gasteiger partial charge in [0, 0.05) is 27.6 Å². The molecule has 7 atom stereocenters. The molecular weight excluding hydrogens is 785 g/mol. The number of amides is 2. The molecule has 8 nitrogen and oxygen atoms in total. The van der Waals surface area contributed by atoms with Crippen molar-refractivity contribution in [3.05, 3.63) is 135 Å². The minimum atomic E-state index is -2.05. The summed E-state index contributed by atoms with van der Waals surface area (Å²) >= 11 is 12.8. The van der Waals surface area contributed by atoms with Crippen molar-refractivity contribution >= 4 is 40.7 Å². The lowest BCUT2D eigenvalue weighted by atomic mass is 9.45. The van der Waals surface area contributed by atoms with Crippen molar-refractivity contribution in [1.29, 1.82) is 0 Å². The van der Waals surface area contributed by atoms with Crippen LogP contribution in [0, 0.1) is 17.0 Å². The quantitative estimate of drug-likeness (QED) is 0.0974. The Bertz CT molecular complexity index is 2150. The van der Waals surface area contributed by atoms with E-state index >= 15 is 27.2 Å². The van der Waals surface area contributed by atoms with Gasteiger partial charge in [0.05, 0.1) is 61.9 Å². The third-order valence-corrected chi connectivity index (χ3v) is 13.2. The number of hydrogen-bond acceptors (Lipinski definition) is 6. The number of rotatable bonds is 10. The first-order valence-corrected chi connectivity index (χ1v) is 19.7. The first-order chi connectivity index (χ1) is 27.4. The van der Waals surface area contributed by atoms with E-state index in [2.05, 4.69) is 10.6 Å². The Kier molecular flexibility index (Phi) is 10.7. The van der Waals surface area contributed by atoms with Crippen molar-refractivity contribution in [3.8, 4) is 0 Å². The molecule has 57 heavy (non-hydrogen) atoms. The monoisotopic (exact) mass is 825 g/mol. The Hall–Kier alpha value is -4.04. The molecule has 3 aliphatic heterocycles. The lowest BCUT2D eigenvalue weighted by molar-refractivity contribution is -0.166. The molecule has 2 unspecified atom stereocenters. The van der Waals surface area contributed by atoms with Crippen molar-refractivity contribution in [2.75, 3.05) is 31.9 Å². The van der Waals surface area contributed by atoms with Gasteiger partial charge in [0.25, 0.3) is 0 Å². The fourth-order valence-electron chi connectivity index (χ4n) is 10.4. The number of nitrogens with one attached hydrogen (secondary N) is 2. The molecule has 8 rings (SSSR count). The summed E-state index contributed by atoms with van der Waals surface area (Å²) in [6, 6.07) is 20.2. The number of ether oxygens (including phenoxy) is 1. The molecule has 4 aromatic carbocycles. The second-order valence-electron chi connectivity index (χ2n) is 15.9. The summed E-state index contributed by atoms with van der Waals surface area (Å²) in [6.07, 6.45) is -1.75. The predicted molar refractivity (Wildman–Crippen MR) is 206 cm³/mol. The maximum atomic E-state index is 16.9. The Balaban J connectivity index is 1.47. The van der Waals surface area contributed by atoms with Crippen molar-refractivity contribution in [2.24, 2.45) is 5.41 Å². The first kappa shape index (κ1) is 39.8. The second kappa shape index (κ2) is 15.3. The molecule has 0 radical (unpaired) electrons. The highest BCUT2D eigenvalue weighted by atomic mass is 35.5. The van der Waals surface area contributed by atoms with Gasteiger partial charge in [-0.15, -0.1) is 0 Å². The van der Waals surface area contributed by atoms with Gasteiger partial charge in [-0.05, 0) is 72.2 Å². The molecule has 3 heterocycles. The van der Waals surface area contributed by atoms with Crippen LogP contribution in [0.25, 0.3) is 0 Å². The smallest absolute Gasteiger partial charge is 0.238 e. The highest BCUT2D eigenvalue weighted by Gasteiger charge is 2.82. The van der Waals surface area contributed by atoms with Crippen LogP contribution in [0.1, 0.15) is 66.0 Å². The van der Waals surface area contributed by atoms with Gasteiger partial charge >= 0.3 is 0 Å². The van der Waals surface area contributed by atoms with E-state index in [1.165, 1.54) is 12.1 Å². The third kappa shape index (κ3) is 6.26. The van der Waals surface area contributed by atoms with E-state index in [4.69, 9.17) is 27.9 Å². The van der Waals surface area contributed by atoms with Gasteiger partial charge in [0.1, 0.15) is 17.0 Å². The van der Waals surface area contributed by atoms with Gasteiger partial charge in [-0.3, -0.25) is 23.3 Å². The normalized spacial score (nSPS) is 27.1. The molecule has 1 saturated carbocycles. The molecule has 4 aliphatic rings. The van der Waals surface area contributed by atoms with Crippen LogP contribution in [-0.2, 0) is 19.7 Å². The number of alkyl halides is 2. The highest BCUT2D eigenvalue weighted by Crippen LogP contribution is 2.74. The summed E-state index contributed by atoms with van der Waals surface area (Å²) in [5.41, 5.74) is -4.39. The Labute approximate surface area is 337 Å². The lowest BCUT2D eigenvalue weighted by Crippen LogP contribution is -2.72. The molecule has 0 aromatic heterocycles. The zero-order valence-corrected chi connectivity index (χ0v) is 32.1. The largest absolute Gasteiger partial charge is 0.394 e. The van der Waals surface area contributed by atoms with E-state index in [0.717, 1.165) is 12.1 Å². The van der Waals surface area contributed by atoms with E-state index in [0.29, 0.717) is 24.0 Å². The van der Waals surface area contributed by atoms with E-state index in [9.17, 15) is 10.2 Å². The number of likely N-dealkylation sites (tertiary alicyclic amines) is 1. The van der Waals surface area contributed by atoms with Crippen molar-refractivity contribution in [3.63, 3.8) is 0 Å². The van der Waals surface area contributed by atoms with Gasteiger partial charge in [0.15, 0.2) is 0 Å². The zero-order valence-electron chi connectivity index (χ0n) is 30.6. The Morgan fingerprint density at radius 1 is 0.947 bits per heavy atom. The number of carbonyl (C=O) groups is 2. The molecule has 300 valence electrons. The number of anilines is 1. The second-order valence-corrected chi connectivity index (χ2v) is 16.7. The number of benzene rings is 4. The average molecular weight is 827 g/mol. The number of aliphatic hydroxyl groups is 2. The topological polar surface area (TPSA) is 111 Å². The number of aliphatic hydroxyl groups excluding tert-OH is 2. The number of nitrogens with zero attached hydrogens (tertiary/aromatic N) is 1. The number of fused-ring (bicyclic) bond motifs is 3. The Morgan fingerprint density at radius 2 is 1.61 bits per heavy atom. The van der Waals surface area contributed by atoms with Crippen LogP contribution in [0.3, 0.4) is 0 Å². The summed E-state index contributed by atoms with van der Waals surface area (Å²) in [7, 11) is 0. The maximum absolute atomic E-state index is 16.9. The van der Waals surface area contributed by atoms with E-state index in [1.54, 1.807) is 71.6 Å². The van der Waals surface area contributed by atoms with Gasteiger partial charge < -0.3 is 25.6 Å². The first-order valence-electron chi connectivity index (χ1n) is 18.9. The highest BCUT2D eigenvalue weighted by molar-refractivity contribution is 6.31. The summed E-state index contributed by atoms with van der Waals surface area (Å²) < 4.78 is 69.0. The fourth-order valence-corrected chi connectivity index (χ4v) is 10.7. The molecule has 3 fully saturated rings. The lowest BCUT2D eigenvalue weighted by Gasteiger charge is -2.63. The van der Waals surface area contributed by atoms with E-state index in [1.807, 2.05) is 0 Å². The minimum Gasteiger partial charge on any atom is -0.394 e. The van der Waals surface area contributed by atoms with Crippen molar-refractivity contribution in [2.45, 2.75) is 72.9 Å². The summed E-state index contributed by atoms with van der Waals surface area (Å²) in [5, 5.41) is 27.9. The molecule has 14 heteroatoms. The predicted octanol–water partition coefficient (Wildman–Crippen LogP) is 7.52. The number of carbonyl (C=O) groups excluding carboxylic acids is 2. The molecule has 1 aliphatic carbocycles. The standard InChI is InChI=1S/C43H41Cl2F4N3O5/c44-26-11-14-31-33(15-26)51-40(56)43(31)34(30-16-27(48)17-32(45)35(30)49)37(39(55)50-28-12-13-29(18-53)57-19-28)52(42(43)20-41(21-42,22-46)23-47)36(24-7-3-1-4-8-24)38(54)25-9-5-2-6-10-25/h1-11,14-17,28-29,34,36-38,53-54H,12-13,18-23H2,(H,50,55)(H,51,56)/t28?,29-,34-,36+,37+,38-,43?/m0/s1. The van der Waals surface area contributed by atoms with Crippen molar-refractivity contribution < 1.29 is 42.1 Å². The van der Waals surface area contributed by atoms with E-state index in [-0.39, 0.29) is 42.3 Å². The molecule has 2 amide bonds. The SMILES string of the molecule is O=C(NC1CC[C@@H](CO)OC1)[C@H]1[C@H](c2cc(F)cc(Cl)c2F)C2(C(=O)Nc3cc(Cl)ccc32)C2(CC(CF)(CF)C2)N1[C@H](c1ccccc1)[C@@H](O)c1ccccc1. The van der Waals surface area contributed by atoms with Crippen LogP contribution in [-0.4, -0.2) is 77.2 Å². The third-order valence-electron chi connectivity index (χ3n) is 12.7. The van der Waals surface area contributed by atoms with Crippen LogP contribution in [0.15, 0.2) is 91.0 Å². The average Bonchev–Trinajstić information content (AvgIpc) is 3.64. The Morgan fingerprint density at radius 3 is 2.23 bits per heavy atom. The summed E-state index contributed by atoms with van der Waals surface area (Å²) in [4.78, 5) is 32.5. The maximum Gasteiger partial charge on any atom is 0.238 e. The van der Waals surface area contributed by atoms with Gasteiger partial charge in [-0.25, -0.2) is 8.78 Å². The molecule has 2 saturated heterocycles. The van der Waals surface area contributed by atoms with Gasteiger partial charge in [0.2, 0.25) is 11.8 Å². The molecule has 4 aromatic rings. The van der Waals surface area contributed by atoms with Crippen LogP contribution in [0.4, 0.5) is 23.2 Å². The molecule has 2 spiro atoms. The van der Waals surface area contributed by atoms with E-state index < -0.39 is 100 Å². The van der Waals surface area contributed by atoms with Gasteiger partial charge in [-0.2, -0.15) is 0 Å². The number of halogens is 6. The molecule has 0 bridgehead atoms. The van der Waals surface area contributed by atoms with Crippen LogP contribution >= 0.6 is 23.2 Å². The summed E-state index contributed by atoms with van der Waals surface area (Å²) in [5.74, 6) is -5.07.